The van der Waals surface area contributed by atoms with Crippen LogP contribution in [0, 0.1) is 11.8 Å². The van der Waals surface area contributed by atoms with E-state index in [0.717, 1.165) is 61.5 Å². The molecule has 2 aromatic rings. The third kappa shape index (κ3) is 16.3. The number of nitrogens with one attached hydrogen (secondary N) is 2. The molecule has 0 unspecified atom stereocenters. The van der Waals surface area contributed by atoms with Gasteiger partial charge in [-0.25, -0.2) is 9.59 Å². The van der Waals surface area contributed by atoms with E-state index in [1.807, 2.05) is 60.7 Å². The molecule has 0 bridgehead atoms. The number of rotatable bonds is 10. The molecule has 282 valence electrons. The summed E-state index contributed by atoms with van der Waals surface area (Å²) in [5.41, 5.74) is 1.97. The van der Waals surface area contributed by atoms with E-state index in [0.29, 0.717) is 37.8 Å². The summed E-state index contributed by atoms with van der Waals surface area (Å²) < 4.78 is 22.4. The smallest absolute Gasteiger partial charge is 0.407 e. The molecule has 10 heteroatoms. The van der Waals surface area contributed by atoms with E-state index in [4.69, 9.17) is 18.6 Å². The standard InChI is InChI=1S/C19H27NO3.C14H17NO3.C8H18OSi/c1-14-11-18(12-14)23-17-9-7-16(8-10-17)20-19(21)22-13-15-5-3-2-4-6-15;16-13-8-6-12(7-9-13)15-14(17)18-10-11-4-2-1-3-5-11;1-7-5-8(6-7)9-10(2,3)4/h2-6,14,16-18H,7-13H2,1H3,(H,20,21);1-5,12H,6-10H2,(H,15,17);7-8H,5-6H2,1-4H3. The Labute approximate surface area is 307 Å². The zero-order chi connectivity index (χ0) is 36.6. The van der Waals surface area contributed by atoms with Gasteiger partial charge in [0.2, 0.25) is 0 Å². The van der Waals surface area contributed by atoms with E-state index in [2.05, 4.69) is 44.1 Å². The Morgan fingerprint density at radius 2 is 1.06 bits per heavy atom. The molecule has 0 radical (unpaired) electrons. The van der Waals surface area contributed by atoms with Crippen molar-refractivity contribution in [3.63, 3.8) is 0 Å². The Morgan fingerprint density at radius 3 is 1.49 bits per heavy atom. The summed E-state index contributed by atoms with van der Waals surface area (Å²) in [5, 5.41) is 5.78. The molecule has 0 heterocycles. The fraction of sp³-hybridized carbons (Fsp3) is 0.634. The fourth-order valence-corrected chi connectivity index (χ4v) is 8.12. The molecule has 2 amide bonds. The Hall–Kier alpha value is -3.21. The molecule has 0 saturated heterocycles. The second-order valence-corrected chi connectivity index (χ2v) is 20.4. The van der Waals surface area contributed by atoms with Crippen LogP contribution >= 0.6 is 0 Å². The van der Waals surface area contributed by atoms with E-state index in [1.54, 1.807) is 0 Å². The summed E-state index contributed by atoms with van der Waals surface area (Å²) >= 11 is 0. The van der Waals surface area contributed by atoms with Crippen molar-refractivity contribution in [2.75, 3.05) is 0 Å². The number of amides is 2. The molecule has 51 heavy (non-hydrogen) atoms. The molecule has 2 aromatic carbocycles. The Morgan fingerprint density at radius 1 is 0.627 bits per heavy atom. The highest BCUT2D eigenvalue weighted by Crippen LogP contribution is 2.33. The Bertz CT molecular complexity index is 1310. The number of alkyl carbamates (subject to hydrolysis) is 2. The Balaban J connectivity index is 0.000000185. The summed E-state index contributed by atoms with van der Waals surface area (Å²) in [6, 6.07) is 19.6. The van der Waals surface area contributed by atoms with Crippen LogP contribution in [0.3, 0.4) is 0 Å². The van der Waals surface area contributed by atoms with Crippen LogP contribution < -0.4 is 10.6 Å². The van der Waals surface area contributed by atoms with E-state index < -0.39 is 14.4 Å². The molecule has 0 aromatic heterocycles. The van der Waals surface area contributed by atoms with Crippen LogP contribution in [0.2, 0.25) is 19.6 Å². The number of benzene rings is 2. The predicted molar refractivity (Wildman–Crippen MR) is 203 cm³/mol. The van der Waals surface area contributed by atoms with Crippen LogP contribution in [0.5, 0.6) is 0 Å². The average molecular weight is 723 g/mol. The normalized spacial score (nSPS) is 26.0. The number of carbonyl (C=O) groups is 3. The topological polar surface area (TPSA) is 112 Å². The third-order valence-electron chi connectivity index (χ3n) is 9.85. The number of hydrogen-bond donors (Lipinski definition) is 2. The lowest BCUT2D eigenvalue weighted by Gasteiger charge is -2.38. The van der Waals surface area contributed by atoms with Crippen molar-refractivity contribution in [2.45, 2.75) is 154 Å². The monoisotopic (exact) mass is 722 g/mol. The number of Topliss-reactive ketones (excluding diaryl/α,β-unsaturated/α-hetero) is 1. The molecule has 4 saturated carbocycles. The predicted octanol–water partition coefficient (Wildman–Crippen LogP) is 9.10. The molecule has 2 N–H and O–H groups in total. The molecule has 4 aliphatic carbocycles. The van der Waals surface area contributed by atoms with Gasteiger partial charge >= 0.3 is 12.2 Å². The van der Waals surface area contributed by atoms with Gasteiger partial charge in [-0.15, -0.1) is 0 Å². The van der Waals surface area contributed by atoms with Crippen molar-refractivity contribution >= 4 is 26.3 Å². The molecule has 0 aliphatic heterocycles. The van der Waals surface area contributed by atoms with Crippen molar-refractivity contribution < 1.29 is 33.0 Å². The lowest BCUT2D eigenvalue weighted by atomic mass is 9.83. The lowest BCUT2D eigenvalue weighted by molar-refractivity contribution is -0.120. The molecule has 6 rings (SSSR count). The van der Waals surface area contributed by atoms with Crippen molar-refractivity contribution in [2.24, 2.45) is 11.8 Å². The van der Waals surface area contributed by atoms with Crippen molar-refractivity contribution in [3.8, 4) is 0 Å². The van der Waals surface area contributed by atoms with Gasteiger partial charge in [-0.05, 0) is 107 Å². The van der Waals surface area contributed by atoms with E-state index in [9.17, 15) is 14.4 Å². The zero-order valence-electron chi connectivity index (χ0n) is 31.6. The van der Waals surface area contributed by atoms with Crippen LogP contribution in [-0.2, 0) is 36.6 Å². The molecule has 4 aliphatic rings. The van der Waals surface area contributed by atoms with E-state index >= 15 is 0 Å². The van der Waals surface area contributed by atoms with Crippen molar-refractivity contribution in [1.29, 1.82) is 0 Å². The van der Waals surface area contributed by atoms with E-state index in [1.165, 1.54) is 25.7 Å². The molecular weight excluding hydrogens is 661 g/mol. The first kappa shape index (κ1) is 40.6. The maximum absolute atomic E-state index is 11.9. The van der Waals surface area contributed by atoms with Gasteiger partial charge in [-0.3, -0.25) is 4.79 Å². The number of ether oxygens (including phenoxy) is 3. The number of hydrogen-bond acceptors (Lipinski definition) is 7. The molecule has 0 atom stereocenters. The van der Waals surface area contributed by atoms with E-state index in [-0.39, 0.29) is 30.6 Å². The van der Waals surface area contributed by atoms with Gasteiger partial charge in [0.15, 0.2) is 8.32 Å². The summed E-state index contributed by atoms with van der Waals surface area (Å²) in [4.78, 5) is 34.5. The highest BCUT2D eigenvalue weighted by atomic mass is 28.4. The minimum atomic E-state index is -1.22. The van der Waals surface area contributed by atoms with Gasteiger partial charge in [0.05, 0.1) is 12.2 Å². The lowest BCUT2D eigenvalue weighted by Crippen LogP contribution is -2.41. The summed E-state index contributed by atoms with van der Waals surface area (Å²) in [6.45, 7) is 12.0. The Kier molecular flexibility index (Phi) is 16.5. The second kappa shape index (κ2) is 20.7. The van der Waals surface area contributed by atoms with Crippen LogP contribution in [-0.4, -0.2) is 56.7 Å². The summed E-state index contributed by atoms with van der Waals surface area (Å²) in [7, 11) is -1.22. The highest BCUT2D eigenvalue weighted by molar-refractivity contribution is 6.69. The van der Waals surface area contributed by atoms with Gasteiger partial charge in [0.25, 0.3) is 0 Å². The quantitative estimate of drug-likeness (QED) is 0.235. The van der Waals surface area contributed by atoms with Gasteiger partial charge in [0, 0.05) is 31.0 Å². The molecular formula is C41H62N2O7Si. The maximum atomic E-state index is 11.9. The second-order valence-electron chi connectivity index (χ2n) is 16.0. The largest absolute Gasteiger partial charge is 0.445 e. The van der Waals surface area contributed by atoms with Gasteiger partial charge in [-0.2, -0.15) is 0 Å². The summed E-state index contributed by atoms with van der Waals surface area (Å²) in [5.74, 6) is 2.03. The maximum Gasteiger partial charge on any atom is 0.407 e. The summed E-state index contributed by atoms with van der Waals surface area (Å²) in [6.07, 6.45) is 12.4. The highest BCUT2D eigenvalue weighted by Gasteiger charge is 2.32. The first-order valence-corrected chi connectivity index (χ1v) is 22.6. The van der Waals surface area contributed by atoms with Crippen molar-refractivity contribution in [3.05, 3.63) is 71.8 Å². The van der Waals surface area contributed by atoms with Crippen LogP contribution in [0.1, 0.15) is 102 Å². The van der Waals surface area contributed by atoms with Crippen molar-refractivity contribution in [1.82, 2.24) is 10.6 Å². The fourth-order valence-electron chi connectivity index (χ4n) is 6.93. The molecule has 9 nitrogen and oxygen atoms in total. The first-order valence-electron chi connectivity index (χ1n) is 19.2. The minimum Gasteiger partial charge on any atom is -0.445 e. The molecule has 4 fully saturated rings. The average Bonchev–Trinajstić information content (AvgIpc) is 3.08. The molecule has 0 spiro atoms. The number of ketones is 1. The SMILES string of the molecule is CC1CC(OC2CCC(NC(=O)OCc3ccccc3)CC2)C1.CC1CC(O[Si](C)(C)C)C1.O=C1CCC(NC(=O)OCc2ccccc2)CC1. The van der Waals surface area contributed by atoms with Gasteiger partial charge < -0.3 is 29.3 Å². The number of carbonyl (C=O) groups excluding carboxylic acids is 3. The third-order valence-corrected chi connectivity index (χ3v) is 10.9. The van der Waals surface area contributed by atoms with Gasteiger partial charge in [-0.1, -0.05) is 74.5 Å². The van der Waals surface area contributed by atoms with Crippen LogP contribution in [0.15, 0.2) is 60.7 Å². The van der Waals surface area contributed by atoms with Crippen LogP contribution in [0.25, 0.3) is 0 Å². The zero-order valence-corrected chi connectivity index (χ0v) is 32.6. The first-order chi connectivity index (χ1) is 24.4. The van der Waals surface area contributed by atoms with Crippen LogP contribution in [0.4, 0.5) is 9.59 Å². The van der Waals surface area contributed by atoms with Gasteiger partial charge in [0.1, 0.15) is 19.0 Å². The minimum absolute atomic E-state index is 0.0750.